The molecule has 9 nitrogen and oxygen atoms in total. The number of hydrogen-bond acceptors (Lipinski definition) is 7. The van der Waals surface area contributed by atoms with Gasteiger partial charge in [0.05, 0.1) is 17.1 Å². The van der Waals surface area contributed by atoms with Crippen LogP contribution in [0.3, 0.4) is 0 Å². The summed E-state index contributed by atoms with van der Waals surface area (Å²) < 4.78 is 4.71. The summed E-state index contributed by atoms with van der Waals surface area (Å²) in [6, 6.07) is 17.1. The number of nitrogens with zero attached hydrogens (tertiary/aromatic N) is 3. The SMILES string of the molecule is CCCC1=NN(c2ccc(C)c(C)c2)C(=O)C1=NNc1cccc(-c2cccc(OC(=O)O)c2)c1O. The van der Waals surface area contributed by atoms with E-state index in [-0.39, 0.29) is 28.8 Å². The molecule has 0 bridgehead atoms. The Kier molecular flexibility index (Phi) is 7.00. The van der Waals surface area contributed by atoms with Crippen LogP contribution in [0.25, 0.3) is 11.1 Å². The lowest BCUT2D eigenvalue weighted by Crippen LogP contribution is -2.28. The van der Waals surface area contributed by atoms with Crippen LogP contribution in [0, 0.1) is 13.8 Å². The van der Waals surface area contributed by atoms with E-state index in [4.69, 9.17) is 9.84 Å². The number of benzene rings is 3. The second-order valence-corrected chi connectivity index (χ2v) is 8.35. The van der Waals surface area contributed by atoms with Crippen molar-refractivity contribution in [3.63, 3.8) is 0 Å². The number of anilines is 2. The number of rotatable bonds is 7. The van der Waals surface area contributed by atoms with Crippen LogP contribution in [-0.4, -0.2) is 33.7 Å². The topological polar surface area (TPSA) is 124 Å². The molecule has 3 aromatic carbocycles. The van der Waals surface area contributed by atoms with Crippen LogP contribution in [0.2, 0.25) is 0 Å². The van der Waals surface area contributed by atoms with E-state index in [1.54, 1.807) is 30.3 Å². The van der Waals surface area contributed by atoms with E-state index < -0.39 is 6.16 Å². The summed E-state index contributed by atoms with van der Waals surface area (Å²) in [4.78, 5) is 24.1. The number of nitrogens with one attached hydrogen (secondary N) is 1. The van der Waals surface area contributed by atoms with Gasteiger partial charge in [0.1, 0.15) is 11.5 Å². The Labute approximate surface area is 208 Å². The van der Waals surface area contributed by atoms with E-state index in [0.717, 1.165) is 17.5 Å². The molecular weight excluding hydrogens is 460 g/mol. The third-order valence-electron chi connectivity index (χ3n) is 5.79. The zero-order valence-electron chi connectivity index (χ0n) is 20.1. The van der Waals surface area contributed by atoms with Gasteiger partial charge >= 0.3 is 12.1 Å². The molecule has 0 fully saturated rings. The third-order valence-corrected chi connectivity index (χ3v) is 5.79. The van der Waals surface area contributed by atoms with Gasteiger partial charge in [0.25, 0.3) is 0 Å². The van der Waals surface area contributed by atoms with Crippen LogP contribution < -0.4 is 15.2 Å². The second-order valence-electron chi connectivity index (χ2n) is 8.35. The lowest BCUT2D eigenvalue weighted by molar-refractivity contribution is -0.112. The first-order chi connectivity index (χ1) is 17.3. The Morgan fingerprint density at radius 3 is 2.58 bits per heavy atom. The average molecular weight is 487 g/mol. The molecule has 4 rings (SSSR count). The molecule has 36 heavy (non-hydrogen) atoms. The lowest BCUT2D eigenvalue weighted by Gasteiger charge is -2.13. The van der Waals surface area contributed by atoms with Crippen LogP contribution in [0.5, 0.6) is 11.5 Å². The number of ether oxygens (including phenoxy) is 1. The first kappa shape index (κ1) is 24.5. The highest BCUT2D eigenvalue weighted by Crippen LogP contribution is 2.37. The maximum atomic E-state index is 13.2. The van der Waals surface area contributed by atoms with Crippen molar-refractivity contribution in [3.05, 3.63) is 71.8 Å². The molecule has 1 amide bonds. The molecule has 0 saturated heterocycles. The maximum absolute atomic E-state index is 13.2. The first-order valence-electron chi connectivity index (χ1n) is 11.4. The normalized spacial score (nSPS) is 14.2. The number of amides is 1. The van der Waals surface area contributed by atoms with E-state index in [2.05, 4.69) is 15.6 Å². The van der Waals surface area contributed by atoms with Crippen LogP contribution in [-0.2, 0) is 4.79 Å². The Balaban J connectivity index is 1.63. The predicted molar refractivity (Wildman–Crippen MR) is 139 cm³/mol. The Hall–Kier alpha value is -4.66. The summed E-state index contributed by atoms with van der Waals surface area (Å²) in [5.41, 5.74) is 7.64. The van der Waals surface area contributed by atoms with Crippen molar-refractivity contribution >= 4 is 34.9 Å². The van der Waals surface area contributed by atoms with Crippen molar-refractivity contribution in [1.29, 1.82) is 0 Å². The quantitative estimate of drug-likeness (QED) is 0.170. The number of phenols is 1. The van der Waals surface area contributed by atoms with Gasteiger partial charge in [-0.3, -0.25) is 10.2 Å². The number of carbonyl (C=O) groups excluding carboxylic acids is 1. The number of hydrogen-bond donors (Lipinski definition) is 3. The third kappa shape index (κ3) is 5.05. The zero-order valence-corrected chi connectivity index (χ0v) is 20.1. The minimum atomic E-state index is -1.43. The van der Waals surface area contributed by atoms with Crippen LogP contribution in [0.15, 0.2) is 70.9 Å². The lowest BCUT2D eigenvalue weighted by atomic mass is 10.0. The van der Waals surface area contributed by atoms with Gasteiger partial charge in [0.2, 0.25) is 0 Å². The number of carboxylic acid groups (broad SMARTS) is 1. The van der Waals surface area contributed by atoms with Crippen molar-refractivity contribution in [2.75, 3.05) is 10.4 Å². The molecule has 1 heterocycles. The molecule has 3 aromatic rings. The molecule has 0 aliphatic carbocycles. The van der Waals surface area contributed by atoms with Gasteiger partial charge in [-0.25, -0.2) is 4.79 Å². The molecular formula is C27H26N4O5. The molecule has 0 atom stereocenters. The van der Waals surface area contributed by atoms with Crippen molar-refractivity contribution in [1.82, 2.24) is 0 Å². The fraction of sp³-hybridized carbons (Fsp3) is 0.185. The smallest absolute Gasteiger partial charge is 0.505 e. The molecule has 0 aromatic heterocycles. The molecule has 0 saturated carbocycles. The summed E-state index contributed by atoms with van der Waals surface area (Å²) in [6.07, 6.45) is -0.0829. The summed E-state index contributed by atoms with van der Waals surface area (Å²) in [7, 11) is 0. The van der Waals surface area contributed by atoms with Crippen LogP contribution in [0.1, 0.15) is 30.9 Å². The van der Waals surface area contributed by atoms with Crippen molar-refractivity contribution in [3.8, 4) is 22.6 Å². The number of carbonyl (C=O) groups is 2. The number of phenolic OH excluding ortho intramolecular Hbond substituents is 1. The highest BCUT2D eigenvalue weighted by Gasteiger charge is 2.33. The van der Waals surface area contributed by atoms with E-state index >= 15 is 0 Å². The number of aryl methyl sites for hydroxylation is 2. The Morgan fingerprint density at radius 1 is 1.08 bits per heavy atom. The molecule has 3 N–H and O–H groups in total. The van der Waals surface area contributed by atoms with Gasteiger partial charge < -0.3 is 14.9 Å². The first-order valence-corrected chi connectivity index (χ1v) is 11.4. The van der Waals surface area contributed by atoms with E-state index in [1.807, 2.05) is 39.0 Å². The van der Waals surface area contributed by atoms with Crippen LogP contribution >= 0.6 is 0 Å². The fourth-order valence-electron chi connectivity index (χ4n) is 3.80. The molecule has 184 valence electrons. The number of hydrazone groups is 2. The van der Waals surface area contributed by atoms with Crippen molar-refractivity contribution in [2.45, 2.75) is 33.6 Å². The van der Waals surface area contributed by atoms with E-state index in [9.17, 15) is 14.7 Å². The largest absolute Gasteiger partial charge is 0.511 e. The summed E-state index contributed by atoms with van der Waals surface area (Å²) in [5.74, 6) is -0.343. The van der Waals surface area contributed by atoms with Crippen molar-refractivity contribution < 1.29 is 24.5 Å². The van der Waals surface area contributed by atoms with Crippen molar-refractivity contribution in [2.24, 2.45) is 10.2 Å². The molecule has 0 spiro atoms. The monoisotopic (exact) mass is 486 g/mol. The predicted octanol–water partition coefficient (Wildman–Crippen LogP) is 5.70. The molecule has 1 aliphatic heterocycles. The minimum Gasteiger partial charge on any atom is -0.505 e. The molecule has 0 radical (unpaired) electrons. The fourth-order valence-corrected chi connectivity index (χ4v) is 3.80. The van der Waals surface area contributed by atoms with Gasteiger partial charge in [-0.1, -0.05) is 43.7 Å². The summed E-state index contributed by atoms with van der Waals surface area (Å²) in [6.45, 7) is 5.98. The Morgan fingerprint density at radius 2 is 1.86 bits per heavy atom. The van der Waals surface area contributed by atoms with Gasteiger partial charge in [-0.05, 0) is 67.3 Å². The maximum Gasteiger partial charge on any atom is 0.511 e. The average Bonchev–Trinajstić information content (AvgIpc) is 3.15. The van der Waals surface area contributed by atoms with Crippen LogP contribution in [0.4, 0.5) is 16.2 Å². The van der Waals surface area contributed by atoms with Gasteiger partial charge in [-0.15, -0.1) is 0 Å². The Bertz CT molecular complexity index is 1400. The minimum absolute atomic E-state index is 0.111. The number of aromatic hydroxyl groups is 1. The summed E-state index contributed by atoms with van der Waals surface area (Å²) >= 11 is 0. The van der Waals surface area contributed by atoms with Gasteiger partial charge in [-0.2, -0.15) is 15.2 Å². The zero-order chi connectivity index (χ0) is 25.8. The second kappa shape index (κ2) is 10.3. The molecule has 1 aliphatic rings. The van der Waals surface area contributed by atoms with Gasteiger partial charge in [0, 0.05) is 5.56 Å². The number of para-hydroxylation sites is 1. The standard InChI is InChI=1S/C27H26N4O5/c1-4-7-22-24(26(33)31(30-22)19-13-12-16(2)17(3)14-19)29-28-23-11-6-10-21(25(23)32)18-8-5-9-20(15-18)36-27(34)35/h5-6,8-15,28,32H,4,7H2,1-3H3,(H,34,35). The van der Waals surface area contributed by atoms with E-state index in [0.29, 0.717) is 28.9 Å². The molecule has 9 heteroatoms. The van der Waals surface area contributed by atoms with Gasteiger partial charge in [0.15, 0.2) is 5.71 Å². The van der Waals surface area contributed by atoms with E-state index in [1.165, 1.54) is 17.1 Å². The highest BCUT2D eigenvalue weighted by atomic mass is 16.7. The molecule has 0 unspecified atom stereocenters. The summed E-state index contributed by atoms with van der Waals surface area (Å²) in [5, 5.41) is 30.0. The highest BCUT2D eigenvalue weighted by molar-refractivity contribution is 6.71.